The highest BCUT2D eigenvalue weighted by molar-refractivity contribution is 9.10. The zero-order valence-corrected chi connectivity index (χ0v) is 8.80. The molecule has 1 rings (SSSR count). The van der Waals surface area contributed by atoms with Gasteiger partial charge >= 0.3 is 0 Å². The summed E-state index contributed by atoms with van der Waals surface area (Å²) < 4.78 is 0.951. The molecule has 0 bridgehead atoms. The highest BCUT2D eigenvalue weighted by atomic mass is 79.9. The molecular formula is C9H12BrNO. The third-order valence-electron chi connectivity index (χ3n) is 1.48. The lowest BCUT2D eigenvalue weighted by molar-refractivity contribution is 0.0808. The molecule has 0 unspecified atom stereocenters. The Morgan fingerprint density at radius 2 is 2.25 bits per heavy atom. The Morgan fingerprint density at radius 3 is 2.75 bits per heavy atom. The number of hydrogen-bond donors (Lipinski definition) is 1. The molecule has 0 atom stereocenters. The predicted octanol–water partition coefficient (Wildman–Crippen LogP) is 2.16. The fourth-order valence-electron chi connectivity index (χ4n) is 1.01. The van der Waals surface area contributed by atoms with Gasteiger partial charge in [0.25, 0.3) is 0 Å². The first-order valence-corrected chi connectivity index (χ1v) is 4.59. The normalized spacial score (nSPS) is 11.7. The van der Waals surface area contributed by atoms with E-state index in [0.29, 0.717) is 6.42 Å². The van der Waals surface area contributed by atoms with E-state index in [4.69, 9.17) is 0 Å². The van der Waals surface area contributed by atoms with Gasteiger partial charge in [-0.1, -0.05) is 0 Å². The topological polar surface area (TPSA) is 33.1 Å². The Balaban J connectivity index is 2.83. The molecule has 0 saturated heterocycles. The zero-order valence-electron chi connectivity index (χ0n) is 7.21. The number of pyridine rings is 1. The van der Waals surface area contributed by atoms with Crippen LogP contribution in [0.4, 0.5) is 0 Å². The molecule has 2 nitrogen and oxygen atoms in total. The molecule has 1 aromatic rings. The van der Waals surface area contributed by atoms with Crippen LogP contribution in [0.5, 0.6) is 0 Å². The molecule has 0 aliphatic heterocycles. The minimum Gasteiger partial charge on any atom is -0.390 e. The van der Waals surface area contributed by atoms with E-state index in [1.54, 1.807) is 26.2 Å². The van der Waals surface area contributed by atoms with Crippen LogP contribution in [-0.2, 0) is 6.42 Å². The van der Waals surface area contributed by atoms with Gasteiger partial charge in [-0.15, -0.1) is 0 Å². The molecular weight excluding hydrogens is 218 g/mol. The minimum absolute atomic E-state index is 0.635. The summed E-state index contributed by atoms with van der Waals surface area (Å²) in [6.07, 6.45) is 4.10. The van der Waals surface area contributed by atoms with Crippen molar-refractivity contribution >= 4 is 15.9 Å². The van der Waals surface area contributed by atoms with E-state index in [1.807, 2.05) is 6.07 Å². The van der Waals surface area contributed by atoms with Crippen molar-refractivity contribution in [2.45, 2.75) is 25.9 Å². The van der Waals surface area contributed by atoms with Gasteiger partial charge < -0.3 is 5.11 Å². The maximum absolute atomic E-state index is 9.55. The fraction of sp³-hybridized carbons (Fsp3) is 0.444. The van der Waals surface area contributed by atoms with Crippen LogP contribution >= 0.6 is 15.9 Å². The average molecular weight is 230 g/mol. The molecule has 1 N–H and O–H groups in total. The van der Waals surface area contributed by atoms with E-state index >= 15 is 0 Å². The monoisotopic (exact) mass is 229 g/mol. The van der Waals surface area contributed by atoms with Crippen molar-refractivity contribution in [1.82, 2.24) is 4.98 Å². The maximum Gasteiger partial charge on any atom is 0.0632 e. The Morgan fingerprint density at radius 1 is 1.58 bits per heavy atom. The van der Waals surface area contributed by atoms with Gasteiger partial charge in [0, 0.05) is 23.3 Å². The van der Waals surface area contributed by atoms with Crippen molar-refractivity contribution in [3.63, 3.8) is 0 Å². The first-order chi connectivity index (χ1) is 5.49. The van der Waals surface area contributed by atoms with Gasteiger partial charge in [0.05, 0.1) is 5.60 Å². The lowest BCUT2D eigenvalue weighted by atomic mass is 10.00. The summed E-state index contributed by atoms with van der Waals surface area (Å²) in [7, 11) is 0. The van der Waals surface area contributed by atoms with Crippen molar-refractivity contribution < 1.29 is 5.11 Å². The molecule has 0 amide bonds. The van der Waals surface area contributed by atoms with E-state index < -0.39 is 5.60 Å². The number of rotatable bonds is 2. The third kappa shape index (κ3) is 2.91. The SMILES string of the molecule is CC(C)(O)Cc1ccncc1Br. The van der Waals surface area contributed by atoms with E-state index in [-0.39, 0.29) is 0 Å². The molecule has 0 aliphatic rings. The Kier molecular flexibility index (Phi) is 2.85. The number of aliphatic hydroxyl groups is 1. The summed E-state index contributed by atoms with van der Waals surface area (Å²) in [6.45, 7) is 3.58. The molecule has 1 aromatic heterocycles. The molecule has 12 heavy (non-hydrogen) atoms. The van der Waals surface area contributed by atoms with Gasteiger partial charge in [-0.2, -0.15) is 0 Å². The Labute approximate surface area is 80.8 Å². The molecule has 0 aromatic carbocycles. The largest absolute Gasteiger partial charge is 0.390 e. The standard InChI is InChI=1S/C9H12BrNO/c1-9(2,12)5-7-3-4-11-6-8(7)10/h3-4,6,12H,5H2,1-2H3. The van der Waals surface area contributed by atoms with Crippen LogP contribution in [0.25, 0.3) is 0 Å². The van der Waals surface area contributed by atoms with Crippen molar-refractivity contribution in [2.24, 2.45) is 0 Å². The van der Waals surface area contributed by atoms with E-state index in [9.17, 15) is 5.11 Å². The van der Waals surface area contributed by atoms with Crippen LogP contribution < -0.4 is 0 Å². The smallest absolute Gasteiger partial charge is 0.0632 e. The summed E-state index contributed by atoms with van der Waals surface area (Å²) in [4.78, 5) is 3.95. The van der Waals surface area contributed by atoms with Crippen molar-refractivity contribution in [3.8, 4) is 0 Å². The second kappa shape index (κ2) is 3.54. The highest BCUT2D eigenvalue weighted by Crippen LogP contribution is 2.19. The molecule has 0 fully saturated rings. The van der Waals surface area contributed by atoms with Gasteiger partial charge in [0.2, 0.25) is 0 Å². The Hall–Kier alpha value is -0.410. The summed E-state index contributed by atoms with van der Waals surface area (Å²) in [5.74, 6) is 0. The fourth-order valence-corrected chi connectivity index (χ4v) is 1.40. The number of halogens is 1. The van der Waals surface area contributed by atoms with Crippen molar-refractivity contribution in [1.29, 1.82) is 0 Å². The van der Waals surface area contributed by atoms with E-state index in [2.05, 4.69) is 20.9 Å². The van der Waals surface area contributed by atoms with Crippen LogP contribution in [0.1, 0.15) is 19.4 Å². The Bertz CT molecular complexity index is 267. The molecule has 1 heterocycles. The first-order valence-electron chi connectivity index (χ1n) is 3.80. The molecule has 0 aliphatic carbocycles. The number of nitrogens with zero attached hydrogens (tertiary/aromatic N) is 1. The van der Waals surface area contributed by atoms with E-state index in [0.717, 1.165) is 10.0 Å². The lowest BCUT2D eigenvalue weighted by Gasteiger charge is -2.17. The van der Waals surface area contributed by atoms with Crippen molar-refractivity contribution in [3.05, 3.63) is 28.5 Å². The molecule has 3 heteroatoms. The van der Waals surface area contributed by atoms with Crippen LogP contribution in [0.3, 0.4) is 0 Å². The van der Waals surface area contributed by atoms with Crippen LogP contribution in [-0.4, -0.2) is 15.7 Å². The van der Waals surface area contributed by atoms with Gasteiger partial charge in [-0.3, -0.25) is 4.98 Å². The van der Waals surface area contributed by atoms with Crippen LogP contribution in [0.2, 0.25) is 0 Å². The average Bonchev–Trinajstić information content (AvgIpc) is 1.91. The summed E-state index contributed by atoms with van der Waals surface area (Å²) >= 11 is 3.38. The molecule has 0 radical (unpaired) electrons. The molecule has 66 valence electrons. The minimum atomic E-state index is -0.663. The van der Waals surface area contributed by atoms with Gasteiger partial charge in [-0.05, 0) is 41.4 Å². The van der Waals surface area contributed by atoms with Crippen molar-refractivity contribution in [2.75, 3.05) is 0 Å². The van der Waals surface area contributed by atoms with Gasteiger partial charge in [-0.25, -0.2) is 0 Å². The maximum atomic E-state index is 9.55. The van der Waals surface area contributed by atoms with E-state index in [1.165, 1.54) is 0 Å². The number of hydrogen-bond acceptors (Lipinski definition) is 2. The lowest BCUT2D eigenvalue weighted by Crippen LogP contribution is -2.22. The second-order valence-corrected chi connectivity index (χ2v) is 4.31. The zero-order chi connectivity index (χ0) is 9.19. The van der Waals surface area contributed by atoms with Gasteiger partial charge in [0.1, 0.15) is 0 Å². The quantitative estimate of drug-likeness (QED) is 0.844. The summed E-state index contributed by atoms with van der Waals surface area (Å²) in [6, 6.07) is 1.90. The van der Waals surface area contributed by atoms with Gasteiger partial charge in [0.15, 0.2) is 0 Å². The summed E-state index contributed by atoms with van der Waals surface area (Å²) in [5.41, 5.74) is 0.418. The number of aromatic nitrogens is 1. The third-order valence-corrected chi connectivity index (χ3v) is 2.19. The second-order valence-electron chi connectivity index (χ2n) is 3.46. The molecule has 0 spiro atoms. The molecule has 0 saturated carbocycles. The van der Waals surface area contributed by atoms with Crippen LogP contribution in [0, 0.1) is 0 Å². The first kappa shape index (κ1) is 9.68. The highest BCUT2D eigenvalue weighted by Gasteiger charge is 2.14. The predicted molar refractivity (Wildman–Crippen MR) is 51.9 cm³/mol. The summed E-state index contributed by atoms with van der Waals surface area (Å²) in [5, 5.41) is 9.55. The van der Waals surface area contributed by atoms with Crippen LogP contribution in [0.15, 0.2) is 22.9 Å².